The van der Waals surface area contributed by atoms with Gasteiger partial charge in [0.15, 0.2) is 17.5 Å². The number of hydrogen-bond acceptors (Lipinski definition) is 3. The van der Waals surface area contributed by atoms with E-state index in [9.17, 15) is 35.1 Å². The molecule has 1 heterocycles. The maximum Gasteiger partial charge on any atom is 0.432 e. The summed E-state index contributed by atoms with van der Waals surface area (Å²) in [5.41, 5.74) is -1.71. The Morgan fingerprint density at radius 3 is 2.05 bits per heavy atom. The van der Waals surface area contributed by atoms with Crippen LogP contribution < -0.4 is 4.74 Å². The topological polar surface area (TPSA) is 18.5 Å². The summed E-state index contributed by atoms with van der Waals surface area (Å²) in [6, 6.07) is 5.44. The Labute approximate surface area is 217 Å². The van der Waals surface area contributed by atoms with Gasteiger partial charge in [-0.05, 0) is 60.8 Å². The fraction of sp³-hybridized carbons (Fsp3) is 0.333. The molecule has 2 nitrogen and oxygen atoms in total. The van der Waals surface area contributed by atoms with Gasteiger partial charge in [0.2, 0.25) is 0 Å². The monoisotopic (exact) mass is 562 g/mol. The standard InChI is InChI=1S/C27H22F8O2S/c1-2-36-12-14-3-6-24(38-13-14)15-4-5-18(19(28)7-15)16-8-20(29)25(21(30)9-16)27(34,35)37-17-10-22(31)26(33)23(32)11-17/h4-5,7-11,14,24H,2-3,6,12-13H2,1H3. The van der Waals surface area contributed by atoms with Gasteiger partial charge < -0.3 is 9.47 Å². The lowest BCUT2D eigenvalue weighted by Crippen LogP contribution is -2.25. The molecule has 0 bridgehead atoms. The second kappa shape index (κ2) is 11.5. The zero-order valence-electron chi connectivity index (χ0n) is 20.0. The Morgan fingerprint density at radius 2 is 1.50 bits per heavy atom. The molecule has 0 N–H and O–H groups in total. The van der Waals surface area contributed by atoms with E-state index in [2.05, 4.69) is 4.74 Å². The number of hydrogen-bond donors (Lipinski definition) is 0. The molecule has 3 aromatic rings. The summed E-state index contributed by atoms with van der Waals surface area (Å²) >= 11 is 1.67. The highest BCUT2D eigenvalue weighted by molar-refractivity contribution is 7.99. The average Bonchev–Trinajstić information content (AvgIpc) is 2.85. The lowest BCUT2D eigenvalue weighted by molar-refractivity contribution is -0.189. The van der Waals surface area contributed by atoms with Crippen LogP contribution in [0.3, 0.4) is 0 Å². The van der Waals surface area contributed by atoms with Gasteiger partial charge in [-0.3, -0.25) is 0 Å². The van der Waals surface area contributed by atoms with Gasteiger partial charge in [-0.2, -0.15) is 20.5 Å². The van der Waals surface area contributed by atoms with Crippen LogP contribution in [-0.2, 0) is 10.8 Å². The molecule has 3 aromatic carbocycles. The highest BCUT2D eigenvalue weighted by Crippen LogP contribution is 2.42. The first-order valence-electron chi connectivity index (χ1n) is 11.7. The minimum Gasteiger partial charge on any atom is -0.429 e. The Hall–Kier alpha value is -2.79. The molecule has 4 rings (SSSR count). The number of rotatable bonds is 8. The summed E-state index contributed by atoms with van der Waals surface area (Å²) in [5, 5.41) is 0.0317. The van der Waals surface area contributed by atoms with Crippen LogP contribution in [0.15, 0.2) is 42.5 Å². The van der Waals surface area contributed by atoms with Gasteiger partial charge in [-0.15, -0.1) is 0 Å². The molecule has 0 saturated carbocycles. The smallest absolute Gasteiger partial charge is 0.429 e. The molecule has 0 spiro atoms. The van der Waals surface area contributed by atoms with Crippen LogP contribution in [0, 0.1) is 40.8 Å². The average molecular weight is 563 g/mol. The third kappa shape index (κ3) is 6.09. The molecule has 2 atom stereocenters. The molecule has 1 aliphatic heterocycles. The lowest BCUT2D eigenvalue weighted by atomic mass is 9.97. The van der Waals surface area contributed by atoms with Crippen LogP contribution in [0.5, 0.6) is 5.75 Å². The molecule has 1 saturated heterocycles. The third-order valence-electron chi connectivity index (χ3n) is 6.14. The number of thioether (sulfide) groups is 1. The first-order valence-corrected chi connectivity index (χ1v) is 12.7. The summed E-state index contributed by atoms with van der Waals surface area (Å²) < 4.78 is 123. The minimum atomic E-state index is -4.73. The van der Waals surface area contributed by atoms with E-state index in [1.165, 1.54) is 12.1 Å². The van der Waals surface area contributed by atoms with Gasteiger partial charge >= 0.3 is 6.11 Å². The van der Waals surface area contributed by atoms with Crippen LogP contribution in [-0.4, -0.2) is 19.0 Å². The maximum atomic E-state index is 15.0. The van der Waals surface area contributed by atoms with E-state index in [1.807, 2.05) is 6.92 Å². The van der Waals surface area contributed by atoms with E-state index < -0.39 is 52.3 Å². The molecular formula is C27H22F8O2S. The normalized spacial score (nSPS) is 18.0. The van der Waals surface area contributed by atoms with Crippen molar-refractivity contribution in [1.29, 1.82) is 0 Å². The van der Waals surface area contributed by atoms with Crippen molar-refractivity contribution >= 4 is 11.8 Å². The van der Waals surface area contributed by atoms with Gasteiger partial charge in [-0.1, -0.05) is 12.1 Å². The van der Waals surface area contributed by atoms with E-state index in [4.69, 9.17) is 4.74 Å². The van der Waals surface area contributed by atoms with E-state index in [0.717, 1.165) is 18.6 Å². The van der Waals surface area contributed by atoms with Gasteiger partial charge in [0, 0.05) is 29.6 Å². The lowest BCUT2D eigenvalue weighted by Gasteiger charge is -2.28. The molecule has 1 aliphatic rings. The molecule has 204 valence electrons. The van der Waals surface area contributed by atoms with Gasteiger partial charge in [0.1, 0.15) is 28.8 Å². The highest BCUT2D eigenvalue weighted by atomic mass is 32.2. The number of alkyl halides is 2. The van der Waals surface area contributed by atoms with Gasteiger partial charge in [-0.25, -0.2) is 26.3 Å². The van der Waals surface area contributed by atoms with Crippen LogP contribution in [0.2, 0.25) is 0 Å². The second-order valence-electron chi connectivity index (χ2n) is 8.80. The van der Waals surface area contributed by atoms with Crippen molar-refractivity contribution in [2.45, 2.75) is 31.1 Å². The largest absolute Gasteiger partial charge is 0.432 e. The van der Waals surface area contributed by atoms with E-state index >= 15 is 0 Å². The molecule has 0 aromatic heterocycles. The van der Waals surface area contributed by atoms with Crippen molar-refractivity contribution < 1.29 is 44.6 Å². The first-order chi connectivity index (χ1) is 18.0. The van der Waals surface area contributed by atoms with Crippen molar-refractivity contribution in [2.24, 2.45) is 5.92 Å². The van der Waals surface area contributed by atoms with Crippen LogP contribution in [0.1, 0.15) is 36.1 Å². The third-order valence-corrected chi connectivity index (χ3v) is 7.71. The van der Waals surface area contributed by atoms with Gasteiger partial charge in [0.05, 0.1) is 6.61 Å². The number of benzene rings is 3. The number of halogens is 8. The Morgan fingerprint density at radius 1 is 0.842 bits per heavy atom. The summed E-state index contributed by atoms with van der Waals surface area (Å²) in [6.07, 6.45) is -3.02. The summed E-state index contributed by atoms with van der Waals surface area (Å²) in [4.78, 5) is 0. The predicted molar refractivity (Wildman–Crippen MR) is 127 cm³/mol. The molecule has 0 aliphatic carbocycles. The number of ether oxygens (including phenoxy) is 2. The predicted octanol–water partition coefficient (Wildman–Crippen LogP) is 8.54. The molecule has 11 heteroatoms. The molecule has 38 heavy (non-hydrogen) atoms. The van der Waals surface area contributed by atoms with Crippen molar-refractivity contribution in [3.05, 3.63) is 88.5 Å². The minimum absolute atomic E-state index is 0.0317. The SMILES string of the molecule is CCOCC1CCC(c2ccc(-c3cc(F)c(C(F)(F)Oc4cc(F)c(F)c(F)c4)c(F)c3)c(F)c2)SC1. The summed E-state index contributed by atoms with van der Waals surface area (Å²) in [5.74, 6) is -9.87. The Kier molecular flexibility index (Phi) is 8.56. The van der Waals surface area contributed by atoms with Crippen LogP contribution >= 0.6 is 11.8 Å². The molecule has 2 unspecified atom stereocenters. The van der Waals surface area contributed by atoms with Crippen molar-refractivity contribution in [1.82, 2.24) is 0 Å². The fourth-order valence-corrected chi connectivity index (χ4v) is 5.66. The maximum absolute atomic E-state index is 15.0. The molecule has 0 amide bonds. The van der Waals surface area contributed by atoms with E-state index in [1.54, 1.807) is 17.8 Å². The molecule has 1 fully saturated rings. The van der Waals surface area contributed by atoms with Crippen LogP contribution in [0.25, 0.3) is 11.1 Å². The van der Waals surface area contributed by atoms with Crippen molar-refractivity contribution in [3.8, 4) is 16.9 Å². The summed E-state index contributed by atoms with van der Waals surface area (Å²) in [6.45, 7) is 3.23. The quantitative estimate of drug-likeness (QED) is 0.203. The van der Waals surface area contributed by atoms with E-state index in [-0.39, 0.29) is 28.5 Å². The zero-order valence-corrected chi connectivity index (χ0v) is 20.8. The molecule has 0 radical (unpaired) electrons. The molecular weight excluding hydrogens is 540 g/mol. The van der Waals surface area contributed by atoms with Crippen molar-refractivity contribution in [2.75, 3.05) is 19.0 Å². The van der Waals surface area contributed by atoms with E-state index in [0.29, 0.717) is 36.8 Å². The van der Waals surface area contributed by atoms with Gasteiger partial charge in [0.25, 0.3) is 0 Å². The zero-order chi connectivity index (χ0) is 27.6. The second-order valence-corrected chi connectivity index (χ2v) is 10.0. The van der Waals surface area contributed by atoms with Crippen molar-refractivity contribution in [3.63, 3.8) is 0 Å². The first kappa shape index (κ1) is 28.2. The Bertz CT molecular complexity index is 1260. The fourth-order valence-electron chi connectivity index (χ4n) is 4.25. The summed E-state index contributed by atoms with van der Waals surface area (Å²) in [7, 11) is 0. The van der Waals surface area contributed by atoms with Crippen LogP contribution in [0.4, 0.5) is 35.1 Å². The highest BCUT2D eigenvalue weighted by Gasteiger charge is 2.41. The Balaban J connectivity index is 1.54.